The summed E-state index contributed by atoms with van der Waals surface area (Å²) in [5, 5.41) is 7.99. The Labute approximate surface area is 207 Å². The van der Waals surface area contributed by atoms with Crippen LogP contribution in [0.1, 0.15) is 35.4 Å². The van der Waals surface area contributed by atoms with Gasteiger partial charge in [0.15, 0.2) is 11.8 Å². The average molecular weight is 542 g/mol. The highest BCUT2D eigenvalue weighted by molar-refractivity contribution is 14.0. The third kappa shape index (κ3) is 5.97. The molecule has 1 fully saturated rings. The van der Waals surface area contributed by atoms with Crippen LogP contribution < -0.4 is 5.32 Å². The number of rotatable bonds is 4. The molecule has 1 aliphatic rings. The molecule has 1 saturated heterocycles. The summed E-state index contributed by atoms with van der Waals surface area (Å²) >= 11 is 0. The van der Waals surface area contributed by atoms with Crippen molar-refractivity contribution in [1.29, 1.82) is 0 Å². The lowest BCUT2D eigenvalue weighted by molar-refractivity contribution is 0.375. The summed E-state index contributed by atoms with van der Waals surface area (Å²) < 4.78 is 1.87. The number of guanidine groups is 1. The van der Waals surface area contributed by atoms with Crippen molar-refractivity contribution >= 4 is 36.0 Å². The molecule has 32 heavy (non-hydrogen) atoms. The van der Waals surface area contributed by atoms with Crippen molar-refractivity contribution in [2.45, 2.75) is 33.2 Å². The van der Waals surface area contributed by atoms with Gasteiger partial charge in [0, 0.05) is 38.6 Å². The van der Waals surface area contributed by atoms with Gasteiger partial charge in [-0.25, -0.2) is 9.67 Å². The average Bonchev–Trinajstić information content (AvgIpc) is 3.14. The largest absolute Gasteiger partial charge is 0.352 e. The molecule has 1 aromatic carbocycles. The van der Waals surface area contributed by atoms with E-state index in [4.69, 9.17) is 0 Å². The Morgan fingerprint density at radius 2 is 1.84 bits per heavy atom. The normalized spacial score (nSPS) is 14.2. The number of aromatic nitrogens is 3. The van der Waals surface area contributed by atoms with E-state index in [2.05, 4.69) is 73.8 Å². The predicted octanol–water partition coefficient (Wildman–Crippen LogP) is 4.76. The van der Waals surface area contributed by atoms with Gasteiger partial charge in [-0.05, 0) is 49.9 Å². The van der Waals surface area contributed by atoms with Crippen LogP contribution in [0, 0.1) is 13.8 Å². The van der Waals surface area contributed by atoms with E-state index in [9.17, 15) is 0 Å². The fourth-order valence-corrected chi connectivity index (χ4v) is 3.96. The van der Waals surface area contributed by atoms with E-state index < -0.39 is 0 Å². The Bertz CT molecular complexity index is 1060. The molecule has 0 amide bonds. The summed E-state index contributed by atoms with van der Waals surface area (Å²) in [7, 11) is 1.85. The van der Waals surface area contributed by atoms with Gasteiger partial charge < -0.3 is 10.2 Å². The van der Waals surface area contributed by atoms with Gasteiger partial charge in [-0.15, -0.1) is 24.0 Å². The van der Waals surface area contributed by atoms with Gasteiger partial charge in [0.25, 0.3) is 0 Å². The highest BCUT2D eigenvalue weighted by Crippen LogP contribution is 2.19. The molecule has 3 heterocycles. The number of aliphatic imine (C=N–C) groups is 1. The second-order valence-electron chi connectivity index (χ2n) is 7.96. The van der Waals surface area contributed by atoms with Gasteiger partial charge in [-0.2, -0.15) is 5.10 Å². The Kier molecular flexibility index (Phi) is 8.44. The number of hydrogen-bond donors (Lipinski definition) is 1. The molecule has 0 saturated carbocycles. The highest BCUT2D eigenvalue weighted by atomic mass is 127. The van der Waals surface area contributed by atoms with E-state index in [-0.39, 0.29) is 24.0 Å². The van der Waals surface area contributed by atoms with Crippen LogP contribution in [0.5, 0.6) is 0 Å². The van der Waals surface area contributed by atoms with Crippen molar-refractivity contribution in [1.82, 2.24) is 25.0 Å². The molecule has 7 heteroatoms. The zero-order valence-electron chi connectivity index (χ0n) is 19.0. The molecule has 6 nitrogen and oxygen atoms in total. The lowest BCUT2D eigenvalue weighted by Crippen LogP contribution is -2.44. The van der Waals surface area contributed by atoms with Crippen LogP contribution in [-0.2, 0) is 6.54 Å². The maximum absolute atomic E-state index is 4.59. The summed E-state index contributed by atoms with van der Waals surface area (Å²) in [6.07, 6.45) is 6.36. The smallest absolute Gasteiger partial charge is 0.193 e. The number of nitrogens with one attached hydrogen (secondary N) is 1. The van der Waals surface area contributed by atoms with E-state index in [1.807, 2.05) is 37.8 Å². The molecule has 168 valence electrons. The zero-order valence-corrected chi connectivity index (χ0v) is 21.3. The number of aryl methyl sites for hydroxylation is 2. The first-order chi connectivity index (χ1) is 15.1. The number of likely N-dealkylation sites (tertiary alicyclic amines) is 1. The number of halogens is 1. The van der Waals surface area contributed by atoms with Gasteiger partial charge >= 0.3 is 0 Å². The number of pyridine rings is 1. The second-order valence-corrected chi connectivity index (χ2v) is 7.96. The van der Waals surface area contributed by atoms with Crippen molar-refractivity contribution < 1.29 is 0 Å². The summed E-state index contributed by atoms with van der Waals surface area (Å²) in [6, 6.07) is 16.7. The van der Waals surface area contributed by atoms with E-state index in [0.717, 1.165) is 54.7 Å². The standard InChI is InChI=1S/C25H30N6.HI/c1-19-15-20(2)31(29-19)24-10-9-23(17-27-24)18-28-25(26-3)30-13-11-22(12-14-30)16-21-7-5-4-6-8-21;/h4-10,15-17H,11-14,18H2,1-3H3,(H,26,28);1H. The van der Waals surface area contributed by atoms with Crippen LogP contribution in [0.2, 0.25) is 0 Å². The monoisotopic (exact) mass is 542 g/mol. The fraction of sp³-hybridized carbons (Fsp3) is 0.320. The number of benzene rings is 1. The van der Waals surface area contributed by atoms with Gasteiger partial charge in [0.05, 0.1) is 5.69 Å². The number of piperidine rings is 1. The first-order valence-corrected chi connectivity index (χ1v) is 10.8. The molecule has 2 aromatic heterocycles. The maximum atomic E-state index is 4.59. The minimum atomic E-state index is 0. The van der Waals surface area contributed by atoms with Crippen molar-refractivity contribution in [2.24, 2.45) is 4.99 Å². The zero-order chi connectivity index (χ0) is 21.6. The van der Waals surface area contributed by atoms with E-state index >= 15 is 0 Å². The van der Waals surface area contributed by atoms with Crippen LogP contribution in [0.25, 0.3) is 11.9 Å². The van der Waals surface area contributed by atoms with Gasteiger partial charge in [-0.3, -0.25) is 4.99 Å². The number of nitrogens with zero attached hydrogens (tertiary/aromatic N) is 5. The van der Waals surface area contributed by atoms with Crippen LogP contribution in [0.4, 0.5) is 0 Å². The van der Waals surface area contributed by atoms with Crippen molar-refractivity contribution in [3.8, 4) is 5.82 Å². The lowest BCUT2D eigenvalue weighted by Gasteiger charge is -2.31. The molecule has 0 aliphatic carbocycles. The first kappa shape index (κ1) is 24.0. The topological polar surface area (TPSA) is 58.3 Å². The molecular weight excluding hydrogens is 511 g/mol. The highest BCUT2D eigenvalue weighted by Gasteiger charge is 2.17. The van der Waals surface area contributed by atoms with Gasteiger partial charge in [0.1, 0.15) is 0 Å². The summed E-state index contributed by atoms with van der Waals surface area (Å²) in [5.74, 6) is 1.79. The number of hydrogen-bond acceptors (Lipinski definition) is 3. The van der Waals surface area contributed by atoms with E-state index in [1.165, 1.54) is 11.1 Å². The van der Waals surface area contributed by atoms with Gasteiger partial charge in [-0.1, -0.05) is 48.0 Å². The minimum Gasteiger partial charge on any atom is -0.352 e. The van der Waals surface area contributed by atoms with Gasteiger partial charge in [0.2, 0.25) is 0 Å². The first-order valence-electron chi connectivity index (χ1n) is 10.8. The summed E-state index contributed by atoms with van der Waals surface area (Å²) in [4.78, 5) is 11.4. The molecular formula is C25H31IN6. The Morgan fingerprint density at radius 3 is 2.44 bits per heavy atom. The SMILES string of the molecule is CN=C(NCc1ccc(-n2nc(C)cc2C)nc1)N1CCC(=Cc2ccccc2)CC1.I. The van der Waals surface area contributed by atoms with Crippen molar-refractivity contribution in [2.75, 3.05) is 20.1 Å². The molecule has 0 unspecified atom stereocenters. The quantitative estimate of drug-likeness (QED) is 0.294. The predicted molar refractivity (Wildman–Crippen MR) is 142 cm³/mol. The van der Waals surface area contributed by atoms with Crippen molar-refractivity contribution in [3.63, 3.8) is 0 Å². The molecule has 1 aliphatic heterocycles. The van der Waals surface area contributed by atoms with E-state index in [1.54, 1.807) is 0 Å². The fourth-order valence-electron chi connectivity index (χ4n) is 3.96. The van der Waals surface area contributed by atoms with Crippen LogP contribution in [0.15, 0.2) is 65.3 Å². The molecule has 4 rings (SSSR count). The third-order valence-corrected chi connectivity index (χ3v) is 5.57. The Balaban J connectivity index is 0.00000289. The summed E-state index contributed by atoms with van der Waals surface area (Å²) in [6.45, 7) is 6.69. The summed E-state index contributed by atoms with van der Waals surface area (Å²) in [5.41, 5.74) is 5.99. The maximum Gasteiger partial charge on any atom is 0.193 e. The third-order valence-electron chi connectivity index (χ3n) is 5.57. The van der Waals surface area contributed by atoms with Crippen LogP contribution in [-0.4, -0.2) is 45.8 Å². The molecule has 0 spiro atoms. The molecule has 3 aromatic rings. The molecule has 1 N–H and O–H groups in total. The second kappa shape index (κ2) is 11.3. The van der Waals surface area contributed by atoms with E-state index in [0.29, 0.717) is 6.54 Å². The van der Waals surface area contributed by atoms with Crippen LogP contribution in [0.3, 0.4) is 0 Å². The molecule has 0 bridgehead atoms. The molecule has 0 atom stereocenters. The Hall–Kier alpha value is -2.68. The molecule has 0 radical (unpaired) electrons. The minimum absolute atomic E-state index is 0. The van der Waals surface area contributed by atoms with Crippen LogP contribution >= 0.6 is 24.0 Å². The lowest BCUT2D eigenvalue weighted by atomic mass is 10.0. The Morgan fingerprint density at radius 1 is 1.09 bits per heavy atom. The van der Waals surface area contributed by atoms with Crippen molar-refractivity contribution in [3.05, 3.63) is 82.8 Å².